The second-order valence-electron chi connectivity index (χ2n) is 2.25. The maximum absolute atomic E-state index is 10.2. The first kappa shape index (κ1) is 15.3. The zero-order valence-corrected chi connectivity index (χ0v) is 12.8. The second-order valence-corrected chi connectivity index (χ2v) is 2.25. The van der Waals surface area contributed by atoms with Gasteiger partial charge in [0.2, 0.25) is 0 Å². The molecule has 68 valence electrons. The van der Waals surface area contributed by atoms with E-state index in [1.807, 2.05) is 0 Å². The van der Waals surface area contributed by atoms with E-state index >= 15 is 0 Å². The Balaban J connectivity index is 0. The molecule has 0 aliphatic rings. The summed E-state index contributed by atoms with van der Waals surface area (Å²) in [6.07, 6.45) is 4.17. The Kier molecular flexibility index (Phi) is 18.3. The van der Waals surface area contributed by atoms with Gasteiger partial charge in [-0.25, -0.2) is 0 Å². The number of unbranched alkanes of at least 4 members (excludes halogenated alkanes) is 3. The first-order valence-corrected chi connectivity index (χ1v) is 13.0. The van der Waals surface area contributed by atoms with E-state index in [9.17, 15) is 4.79 Å². The molecule has 0 aromatic carbocycles. The molecule has 0 N–H and O–H groups in total. The number of halogens is 1. The van der Waals surface area contributed by atoms with E-state index in [1.54, 1.807) is 0 Å². The Morgan fingerprint density at radius 3 is 2.42 bits per heavy atom. The SMILES string of the molecule is [CH2-]CCCCCOC(C)=O.[Zn+][I]. The van der Waals surface area contributed by atoms with E-state index in [1.165, 1.54) is 21.7 Å². The molecule has 0 aliphatic heterocycles. The van der Waals surface area contributed by atoms with Gasteiger partial charge in [0.25, 0.3) is 0 Å². The Bertz CT molecular complexity index is 99.1. The molecule has 0 aliphatic carbocycles. The molecule has 2 nitrogen and oxygen atoms in total. The molecule has 0 heterocycles. The van der Waals surface area contributed by atoms with Crippen molar-refractivity contribution in [3.63, 3.8) is 0 Å². The molecule has 0 radical (unpaired) electrons. The summed E-state index contributed by atoms with van der Waals surface area (Å²) in [5.74, 6) is -0.186. The van der Waals surface area contributed by atoms with Crippen LogP contribution in [0.25, 0.3) is 0 Å². The third-order valence-electron chi connectivity index (χ3n) is 1.20. The molecular weight excluding hydrogens is 320 g/mol. The van der Waals surface area contributed by atoms with Gasteiger partial charge in [-0.1, -0.05) is 12.8 Å². The van der Waals surface area contributed by atoms with Gasteiger partial charge in [0.15, 0.2) is 0 Å². The fourth-order valence-electron chi connectivity index (χ4n) is 0.672. The van der Waals surface area contributed by atoms with E-state index in [0.29, 0.717) is 6.61 Å². The summed E-state index contributed by atoms with van der Waals surface area (Å²) in [6.45, 7) is 5.71. The number of carbonyl (C=O) groups excluding carboxylic acids is 1. The predicted octanol–water partition coefficient (Wildman–Crippen LogP) is 2.83. The van der Waals surface area contributed by atoms with Gasteiger partial charge in [0.05, 0.1) is 6.61 Å². The fourth-order valence-corrected chi connectivity index (χ4v) is 0.672. The monoisotopic (exact) mass is 334 g/mol. The zero-order chi connectivity index (χ0) is 9.82. The summed E-state index contributed by atoms with van der Waals surface area (Å²) in [5.41, 5.74) is 0. The average molecular weight is 336 g/mol. The van der Waals surface area contributed by atoms with Crippen LogP contribution in [-0.2, 0) is 24.3 Å². The quantitative estimate of drug-likeness (QED) is 0.254. The van der Waals surface area contributed by atoms with Gasteiger partial charge in [-0.15, -0.1) is 0 Å². The molecule has 0 fully saturated rings. The third kappa shape index (κ3) is 17.1. The average Bonchev–Trinajstić information content (AvgIpc) is 2.07. The summed E-state index contributed by atoms with van der Waals surface area (Å²) in [6, 6.07) is 0. The molecule has 0 amide bonds. The van der Waals surface area contributed by atoms with E-state index in [4.69, 9.17) is 4.74 Å². The van der Waals surface area contributed by atoms with Gasteiger partial charge in [0.1, 0.15) is 0 Å². The summed E-state index contributed by atoms with van der Waals surface area (Å²) in [7, 11) is 0. The Labute approximate surface area is 95.7 Å². The van der Waals surface area contributed by atoms with Crippen LogP contribution in [0, 0.1) is 6.92 Å². The van der Waals surface area contributed by atoms with Crippen molar-refractivity contribution in [2.75, 3.05) is 6.61 Å². The van der Waals surface area contributed by atoms with Crippen LogP contribution in [0.15, 0.2) is 0 Å². The van der Waals surface area contributed by atoms with Crippen LogP contribution in [0.1, 0.15) is 32.6 Å². The molecule has 0 aromatic rings. The first-order valence-electron chi connectivity index (χ1n) is 3.96. The molecule has 0 spiro atoms. The Morgan fingerprint density at radius 2 is 2.00 bits per heavy atom. The summed E-state index contributed by atoms with van der Waals surface area (Å²) < 4.78 is 4.73. The second kappa shape index (κ2) is 14.4. The van der Waals surface area contributed by atoms with Crippen LogP contribution in [0.3, 0.4) is 0 Å². The molecule has 0 rings (SSSR count). The van der Waals surface area contributed by atoms with Crippen LogP contribution >= 0.6 is 19.8 Å². The topological polar surface area (TPSA) is 26.3 Å². The fraction of sp³-hybridized carbons (Fsp3) is 0.750. The molecule has 0 unspecified atom stereocenters. The molecule has 12 heavy (non-hydrogen) atoms. The molecule has 0 atom stereocenters. The molecule has 0 saturated heterocycles. The number of esters is 1. The van der Waals surface area contributed by atoms with Crippen molar-refractivity contribution in [1.29, 1.82) is 0 Å². The molecular formula is C8H15IO2Zn. The van der Waals surface area contributed by atoms with Crippen LogP contribution in [0.2, 0.25) is 0 Å². The van der Waals surface area contributed by atoms with Gasteiger partial charge in [0, 0.05) is 6.92 Å². The minimum absolute atomic E-state index is 0.186. The van der Waals surface area contributed by atoms with Gasteiger partial charge < -0.3 is 11.7 Å². The number of hydrogen-bond donors (Lipinski definition) is 0. The molecule has 0 aromatic heterocycles. The minimum atomic E-state index is -0.186. The van der Waals surface area contributed by atoms with Gasteiger partial charge in [-0.3, -0.25) is 4.79 Å². The summed E-state index contributed by atoms with van der Waals surface area (Å²) >= 11 is 3.62. The number of rotatable bonds is 5. The van der Waals surface area contributed by atoms with Crippen molar-refractivity contribution in [3.8, 4) is 0 Å². The van der Waals surface area contributed by atoms with E-state index in [0.717, 1.165) is 25.7 Å². The van der Waals surface area contributed by atoms with Gasteiger partial charge in [-0.05, 0) is 6.42 Å². The van der Waals surface area contributed by atoms with Crippen molar-refractivity contribution in [2.24, 2.45) is 0 Å². The Morgan fingerprint density at radius 1 is 1.42 bits per heavy atom. The molecule has 0 saturated carbocycles. The number of carbonyl (C=O) groups is 1. The van der Waals surface area contributed by atoms with Crippen molar-refractivity contribution < 1.29 is 24.3 Å². The summed E-state index contributed by atoms with van der Waals surface area (Å²) in [5, 5.41) is 0. The van der Waals surface area contributed by atoms with E-state index in [-0.39, 0.29) is 5.97 Å². The van der Waals surface area contributed by atoms with Crippen molar-refractivity contribution in [2.45, 2.75) is 32.6 Å². The normalized spacial score (nSPS) is 8.42. The van der Waals surface area contributed by atoms with Crippen molar-refractivity contribution in [3.05, 3.63) is 6.92 Å². The van der Waals surface area contributed by atoms with Crippen LogP contribution in [-0.4, -0.2) is 12.6 Å². The van der Waals surface area contributed by atoms with Gasteiger partial charge >= 0.3 is 40.5 Å². The van der Waals surface area contributed by atoms with Crippen LogP contribution in [0.5, 0.6) is 0 Å². The third-order valence-corrected chi connectivity index (χ3v) is 1.20. The molecule has 0 bridgehead atoms. The maximum atomic E-state index is 10.2. The summed E-state index contributed by atoms with van der Waals surface area (Å²) in [4.78, 5) is 10.2. The Hall–Kier alpha value is 0.823. The number of hydrogen-bond acceptors (Lipinski definition) is 2. The standard InChI is InChI=1S/C8H15O2.HI.Zn/c1-3-4-5-6-7-10-8(2)9;;/h1,3-7H2,2H3;1H;/q-1;;+2/p-1. The number of ether oxygens (including phenoxy) is 1. The van der Waals surface area contributed by atoms with Crippen molar-refractivity contribution >= 4 is 25.7 Å². The van der Waals surface area contributed by atoms with Gasteiger partial charge in [-0.2, -0.15) is 6.42 Å². The van der Waals surface area contributed by atoms with E-state index < -0.39 is 0 Å². The first-order chi connectivity index (χ1) is 5.77. The van der Waals surface area contributed by atoms with E-state index in [2.05, 4.69) is 26.7 Å². The van der Waals surface area contributed by atoms with Crippen molar-refractivity contribution in [1.82, 2.24) is 0 Å². The zero-order valence-electron chi connectivity index (χ0n) is 7.64. The predicted molar refractivity (Wildman–Crippen MR) is 54.5 cm³/mol. The molecule has 4 heteroatoms. The van der Waals surface area contributed by atoms with Crippen LogP contribution in [0.4, 0.5) is 0 Å². The van der Waals surface area contributed by atoms with Crippen LogP contribution < -0.4 is 0 Å².